The molecule has 0 aliphatic rings. The zero-order valence-corrected chi connectivity index (χ0v) is 12.8. The fraction of sp³-hybridized carbons (Fsp3) is 0.333. The van der Waals surface area contributed by atoms with Gasteiger partial charge in [0.1, 0.15) is 11.5 Å². The Morgan fingerprint density at radius 3 is 2.43 bits per heavy atom. The molecule has 0 radical (unpaired) electrons. The molecule has 2 rings (SSSR count). The van der Waals surface area contributed by atoms with Crippen LogP contribution in [0.25, 0.3) is 0 Å². The van der Waals surface area contributed by atoms with Crippen LogP contribution >= 0.6 is 0 Å². The molecule has 112 valence electrons. The summed E-state index contributed by atoms with van der Waals surface area (Å²) in [5.41, 5.74) is 2.14. The monoisotopic (exact) mass is 285 g/mol. The van der Waals surface area contributed by atoms with Crippen molar-refractivity contribution in [3.63, 3.8) is 0 Å². The van der Waals surface area contributed by atoms with Crippen molar-refractivity contribution in [2.45, 2.75) is 32.4 Å². The van der Waals surface area contributed by atoms with E-state index >= 15 is 0 Å². The van der Waals surface area contributed by atoms with Crippen LogP contribution in [0.4, 0.5) is 0 Å². The van der Waals surface area contributed by atoms with Crippen LogP contribution in [0.15, 0.2) is 48.5 Å². The van der Waals surface area contributed by atoms with E-state index in [1.54, 1.807) is 13.2 Å². The van der Waals surface area contributed by atoms with E-state index in [2.05, 4.69) is 43.4 Å². The molecule has 0 bridgehead atoms. The number of benzene rings is 2. The van der Waals surface area contributed by atoms with Crippen molar-refractivity contribution >= 4 is 0 Å². The first kappa shape index (κ1) is 15.4. The van der Waals surface area contributed by atoms with Crippen molar-refractivity contribution in [3.8, 4) is 11.5 Å². The van der Waals surface area contributed by atoms with Gasteiger partial charge in [0.15, 0.2) is 0 Å². The van der Waals surface area contributed by atoms with Crippen molar-refractivity contribution in [3.05, 3.63) is 59.7 Å². The molecule has 0 spiro atoms. The summed E-state index contributed by atoms with van der Waals surface area (Å²) < 4.78 is 5.12. The van der Waals surface area contributed by atoms with Crippen LogP contribution in [0.1, 0.15) is 43.5 Å². The number of nitrogens with one attached hydrogen (secondary N) is 1. The molecule has 2 aromatic carbocycles. The third kappa shape index (κ3) is 3.76. The maximum atomic E-state index is 10.1. The maximum absolute atomic E-state index is 10.1. The molecule has 0 saturated heterocycles. The lowest BCUT2D eigenvalue weighted by molar-refractivity contribution is 0.399. The lowest BCUT2D eigenvalue weighted by Crippen LogP contribution is -2.24. The van der Waals surface area contributed by atoms with Gasteiger partial charge in [-0.05, 0) is 25.0 Å². The predicted octanol–water partition coefficient (Wildman–Crippen LogP) is 4.20. The SMILES string of the molecule is CCC(NC(C)c1ccc(OC)cc1O)c1ccccc1. The molecule has 0 aliphatic heterocycles. The normalized spacial score (nSPS) is 13.7. The van der Waals surface area contributed by atoms with Gasteiger partial charge in [-0.15, -0.1) is 0 Å². The Balaban J connectivity index is 2.14. The molecular weight excluding hydrogens is 262 g/mol. The lowest BCUT2D eigenvalue weighted by atomic mass is 10.0. The van der Waals surface area contributed by atoms with E-state index in [1.165, 1.54) is 5.56 Å². The summed E-state index contributed by atoms with van der Waals surface area (Å²) in [6, 6.07) is 16.1. The Kier molecular flexibility index (Phi) is 5.23. The highest BCUT2D eigenvalue weighted by molar-refractivity contribution is 5.41. The fourth-order valence-corrected chi connectivity index (χ4v) is 2.54. The second-order valence-corrected chi connectivity index (χ2v) is 5.18. The molecule has 2 unspecified atom stereocenters. The number of phenols is 1. The lowest BCUT2D eigenvalue weighted by Gasteiger charge is -2.23. The van der Waals surface area contributed by atoms with Crippen LogP contribution in [0.3, 0.4) is 0 Å². The Morgan fingerprint density at radius 2 is 1.86 bits per heavy atom. The number of ether oxygens (including phenoxy) is 1. The quantitative estimate of drug-likeness (QED) is 0.835. The van der Waals surface area contributed by atoms with Gasteiger partial charge in [-0.25, -0.2) is 0 Å². The summed E-state index contributed by atoms with van der Waals surface area (Å²) in [5, 5.41) is 13.7. The third-order valence-electron chi connectivity index (χ3n) is 3.77. The van der Waals surface area contributed by atoms with Crippen molar-refractivity contribution in [2.24, 2.45) is 0 Å². The molecule has 3 heteroatoms. The fourth-order valence-electron chi connectivity index (χ4n) is 2.54. The number of aromatic hydroxyl groups is 1. The third-order valence-corrected chi connectivity index (χ3v) is 3.77. The molecule has 0 heterocycles. The Labute approximate surface area is 126 Å². The summed E-state index contributed by atoms with van der Waals surface area (Å²) >= 11 is 0. The maximum Gasteiger partial charge on any atom is 0.124 e. The number of hydrogen-bond donors (Lipinski definition) is 2. The highest BCUT2D eigenvalue weighted by Gasteiger charge is 2.16. The van der Waals surface area contributed by atoms with E-state index in [0.29, 0.717) is 5.75 Å². The summed E-state index contributed by atoms with van der Waals surface area (Å²) in [5.74, 6) is 0.927. The minimum absolute atomic E-state index is 0.0565. The van der Waals surface area contributed by atoms with Crippen molar-refractivity contribution in [2.75, 3.05) is 7.11 Å². The summed E-state index contributed by atoms with van der Waals surface area (Å²) in [4.78, 5) is 0. The van der Waals surface area contributed by atoms with Gasteiger partial charge in [-0.3, -0.25) is 0 Å². The van der Waals surface area contributed by atoms with E-state index in [9.17, 15) is 5.11 Å². The number of methoxy groups -OCH3 is 1. The molecule has 2 N–H and O–H groups in total. The highest BCUT2D eigenvalue weighted by atomic mass is 16.5. The number of hydrogen-bond acceptors (Lipinski definition) is 3. The predicted molar refractivity (Wildman–Crippen MR) is 85.7 cm³/mol. The van der Waals surface area contributed by atoms with Crippen LogP contribution in [0.2, 0.25) is 0 Å². The van der Waals surface area contributed by atoms with E-state index in [-0.39, 0.29) is 17.8 Å². The highest BCUT2D eigenvalue weighted by Crippen LogP contribution is 2.30. The standard InChI is InChI=1S/C18H23NO2/c1-4-17(14-8-6-5-7-9-14)19-13(2)16-11-10-15(21-3)12-18(16)20/h5-13,17,19-20H,4H2,1-3H3. The van der Waals surface area contributed by atoms with Gasteiger partial charge in [0.2, 0.25) is 0 Å². The van der Waals surface area contributed by atoms with Gasteiger partial charge in [0.05, 0.1) is 7.11 Å². The largest absolute Gasteiger partial charge is 0.507 e. The summed E-state index contributed by atoms with van der Waals surface area (Å²) in [6.45, 7) is 4.22. The Bertz CT molecular complexity index is 569. The first-order chi connectivity index (χ1) is 10.2. The van der Waals surface area contributed by atoms with E-state index in [1.807, 2.05) is 18.2 Å². The zero-order valence-electron chi connectivity index (χ0n) is 12.8. The molecule has 2 atom stereocenters. The minimum atomic E-state index is 0.0565. The van der Waals surface area contributed by atoms with Gasteiger partial charge in [-0.1, -0.05) is 43.3 Å². The van der Waals surface area contributed by atoms with Crippen molar-refractivity contribution in [1.29, 1.82) is 0 Å². The van der Waals surface area contributed by atoms with Gasteiger partial charge in [0.25, 0.3) is 0 Å². The second kappa shape index (κ2) is 7.14. The molecule has 0 fully saturated rings. The van der Waals surface area contributed by atoms with Crippen LogP contribution in [-0.4, -0.2) is 12.2 Å². The smallest absolute Gasteiger partial charge is 0.124 e. The second-order valence-electron chi connectivity index (χ2n) is 5.18. The summed E-state index contributed by atoms with van der Waals surface area (Å²) in [6.07, 6.45) is 0.991. The average Bonchev–Trinajstić information content (AvgIpc) is 2.53. The van der Waals surface area contributed by atoms with Crippen LogP contribution in [0, 0.1) is 0 Å². The van der Waals surface area contributed by atoms with Crippen LogP contribution in [-0.2, 0) is 0 Å². The van der Waals surface area contributed by atoms with Crippen molar-refractivity contribution in [1.82, 2.24) is 5.32 Å². The van der Waals surface area contributed by atoms with E-state index < -0.39 is 0 Å². The molecule has 2 aromatic rings. The number of rotatable bonds is 6. The Morgan fingerprint density at radius 1 is 1.14 bits per heavy atom. The molecule has 0 aromatic heterocycles. The van der Waals surface area contributed by atoms with E-state index in [4.69, 9.17) is 4.74 Å². The summed E-state index contributed by atoms with van der Waals surface area (Å²) in [7, 11) is 1.60. The zero-order chi connectivity index (χ0) is 15.2. The Hall–Kier alpha value is -2.00. The minimum Gasteiger partial charge on any atom is -0.507 e. The van der Waals surface area contributed by atoms with Crippen molar-refractivity contribution < 1.29 is 9.84 Å². The van der Waals surface area contributed by atoms with Gasteiger partial charge in [-0.2, -0.15) is 0 Å². The molecular formula is C18H23NO2. The molecule has 0 aliphatic carbocycles. The average molecular weight is 285 g/mol. The van der Waals surface area contributed by atoms with Gasteiger partial charge in [0, 0.05) is 23.7 Å². The van der Waals surface area contributed by atoms with Gasteiger partial charge < -0.3 is 15.2 Å². The number of phenolic OH excluding ortho intramolecular Hbond substituents is 1. The van der Waals surface area contributed by atoms with Crippen LogP contribution in [0.5, 0.6) is 11.5 Å². The first-order valence-corrected chi connectivity index (χ1v) is 7.33. The molecule has 0 saturated carbocycles. The van der Waals surface area contributed by atoms with Crippen LogP contribution < -0.4 is 10.1 Å². The molecule has 21 heavy (non-hydrogen) atoms. The molecule has 3 nitrogen and oxygen atoms in total. The van der Waals surface area contributed by atoms with Gasteiger partial charge >= 0.3 is 0 Å². The molecule has 0 amide bonds. The van der Waals surface area contributed by atoms with E-state index in [0.717, 1.165) is 12.0 Å². The first-order valence-electron chi connectivity index (χ1n) is 7.33. The topological polar surface area (TPSA) is 41.5 Å².